The third-order valence-electron chi connectivity index (χ3n) is 4.53. The molecule has 1 N–H and O–H groups in total. The molecule has 0 saturated carbocycles. The van der Waals surface area contributed by atoms with Crippen molar-refractivity contribution in [3.63, 3.8) is 0 Å². The quantitative estimate of drug-likeness (QED) is 0.688. The van der Waals surface area contributed by atoms with Crippen molar-refractivity contribution in [2.75, 3.05) is 37.4 Å². The third kappa shape index (κ3) is 5.73. The number of benzene rings is 2. The SMILES string of the molecule is C[C@@H](SCC(=O)Nc1cccc(S(=O)(=O)N2CCOCC2)c1)c1ccccc1Cl. The van der Waals surface area contributed by atoms with Gasteiger partial charge in [-0.2, -0.15) is 4.31 Å². The first-order valence-corrected chi connectivity index (χ1v) is 12.1. The van der Waals surface area contributed by atoms with Gasteiger partial charge in [-0.15, -0.1) is 11.8 Å². The van der Waals surface area contributed by atoms with Gasteiger partial charge in [0.2, 0.25) is 15.9 Å². The number of amides is 1. The van der Waals surface area contributed by atoms with Gasteiger partial charge in [0.1, 0.15) is 0 Å². The molecule has 29 heavy (non-hydrogen) atoms. The molecule has 1 aliphatic heterocycles. The minimum Gasteiger partial charge on any atom is -0.379 e. The van der Waals surface area contributed by atoms with Crippen molar-refractivity contribution >= 4 is 45.0 Å². The van der Waals surface area contributed by atoms with Crippen LogP contribution in [-0.2, 0) is 19.6 Å². The summed E-state index contributed by atoms with van der Waals surface area (Å²) < 4.78 is 32.2. The Labute approximate surface area is 180 Å². The number of halogens is 1. The lowest BCUT2D eigenvalue weighted by Crippen LogP contribution is -2.40. The Bertz CT molecular complexity index is 962. The molecular formula is C20H23ClN2O4S2. The van der Waals surface area contributed by atoms with Crippen molar-refractivity contribution in [3.8, 4) is 0 Å². The monoisotopic (exact) mass is 454 g/mol. The van der Waals surface area contributed by atoms with Crippen molar-refractivity contribution in [3.05, 3.63) is 59.1 Å². The van der Waals surface area contributed by atoms with Crippen LogP contribution in [0.1, 0.15) is 17.7 Å². The Balaban J connectivity index is 1.61. The number of rotatable bonds is 7. The van der Waals surface area contributed by atoms with E-state index >= 15 is 0 Å². The van der Waals surface area contributed by atoms with E-state index in [0.29, 0.717) is 37.0 Å². The summed E-state index contributed by atoms with van der Waals surface area (Å²) in [6.45, 7) is 3.42. The van der Waals surface area contributed by atoms with Gasteiger partial charge in [-0.1, -0.05) is 35.9 Å². The predicted molar refractivity (Wildman–Crippen MR) is 117 cm³/mol. The number of hydrogen-bond donors (Lipinski definition) is 1. The van der Waals surface area contributed by atoms with Crippen LogP contribution in [0.25, 0.3) is 0 Å². The summed E-state index contributed by atoms with van der Waals surface area (Å²) in [6, 6.07) is 13.9. The predicted octanol–water partition coefficient (Wildman–Crippen LogP) is 3.79. The Hall–Kier alpha value is -1.58. The lowest BCUT2D eigenvalue weighted by molar-refractivity contribution is -0.113. The topological polar surface area (TPSA) is 75.7 Å². The molecule has 9 heteroatoms. The summed E-state index contributed by atoms with van der Waals surface area (Å²) in [5.74, 6) is 0.0298. The Morgan fingerprint density at radius 1 is 1.21 bits per heavy atom. The summed E-state index contributed by atoms with van der Waals surface area (Å²) >= 11 is 7.67. The second-order valence-electron chi connectivity index (χ2n) is 6.57. The van der Waals surface area contributed by atoms with E-state index in [2.05, 4.69) is 5.32 Å². The first-order chi connectivity index (χ1) is 13.9. The highest BCUT2D eigenvalue weighted by atomic mass is 35.5. The van der Waals surface area contributed by atoms with E-state index < -0.39 is 10.0 Å². The maximum Gasteiger partial charge on any atom is 0.243 e. The van der Waals surface area contributed by atoms with Gasteiger partial charge in [0.15, 0.2) is 0 Å². The number of carbonyl (C=O) groups excluding carboxylic acids is 1. The van der Waals surface area contributed by atoms with Crippen LogP contribution in [0.3, 0.4) is 0 Å². The van der Waals surface area contributed by atoms with E-state index in [1.807, 2.05) is 31.2 Å². The van der Waals surface area contributed by atoms with Crippen molar-refractivity contribution in [2.45, 2.75) is 17.1 Å². The Morgan fingerprint density at radius 2 is 1.93 bits per heavy atom. The molecule has 0 spiro atoms. The van der Waals surface area contributed by atoms with Crippen LogP contribution in [-0.4, -0.2) is 50.7 Å². The minimum atomic E-state index is -3.60. The number of hydrogen-bond acceptors (Lipinski definition) is 5. The molecule has 1 atom stereocenters. The van der Waals surface area contributed by atoms with Crippen molar-refractivity contribution in [2.24, 2.45) is 0 Å². The van der Waals surface area contributed by atoms with Crippen LogP contribution in [0.2, 0.25) is 5.02 Å². The normalized spacial score (nSPS) is 16.3. The van der Waals surface area contributed by atoms with E-state index in [-0.39, 0.29) is 21.8 Å². The van der Waals surface area contributed by atoms with E-state index in [1.165, 1.54) is 28.2 Å². The number of nitrogens with zero attached hydrogens (tertiary/aromatic N) is 1. The number of ether oxygens (including phenoxy) is 1. The van der Waals surface area contributed by atoms with E-state index in [9.17, 15) is 13.2 Å². The van der Waals surface area contributed by atoms with Crippen molar-refractivity contribution in [1.82, 2.24) is 4.31 Å². The van der Waals surface area contributed by atoms with E-state index in [4.69, 9.17) is 16.3 Å². The van der Waals surface area contributed by atoms with Crippen LogP contribution in [0.5, 0.6) is 0 Å². The van der Waals surface area contributed by atoms with Crippen LogP contribution in [0.4, 0.5) is 5.69 Å². The lowest BCUT2D eigenvalue weighted by atomic mass is 10.2. The minimum absolute atomic E-state index is 0.0579. The summed E-state index contributed by atoms with van der Waals surface area (Å²) in [7, 11) is -3.60. The summed E-state index contributed by atoms with van der Waals surface area (Å²) in [5.41, 5.74) is 1.43. The van der Waals surface area contributed by atoms with Crippen molar-refractivity contribution < 1.29 is 17.9 Å². The second kappa shape index (κ2) is 9.95. The number of thioether (sulfide) groups is 1. The lowest BCUT2D eigenvalue weighted by Gasteiger charge is -2.26. The number of sulfonamides is 1. The highest BCUT2D eigenvalue weighted by Gasteiger charge is 2.26. The molecule has 3 rings (SSSR count). The van der Waals surface area contributed by atoms with Crippen LogP contribution in [0, 0.1) is 0 Å². The second-order valence-corrected chi connectivity index (χ2v) is 10.2. The molecule has 156 valence electrons. The van der Waals surface area contributed by atoms with Gasteiger partial charge < -0.3 is 10.1 Å². The van der Waals surface area contributed by atoms with Gasteiger partial charge >= 0.3 is 0 Å². The Kier molecular flexibility index (Phi) is 7.59. The number of nitrogens with one attached hydrogen (secondary N) is 1. The Morgan fingerprint density at radius 3 is 2.66 bits per heavy atom. The highest BCUT2D eigenvalue weighted by Crippen LogP contribution is 2.32. The summed E-state index contributed by atoms with van der Waals surface area (Å²) in [4.78, 5) is 12.5. The van der Waals surface area contributed by atoms with Gasteiger partial charge in [0.05, 0.1) is 23.9 Å². The first-order valence-electron chi connectivity index (χ1n) is 9.22. The highest BCUT2D eigenvalue weighted by molar-refractivity contribution is 8.00. The smallest absolute Gasteiger partial charge is 0.243 e. The van der Waals surface area contributed by atoms with Gasteiger partial charge in [-0.25, -0.2) is 8.42 Å². The zero-order valence-corrected chi connectivity index (χ0v) is 18.4. The van der Waals surface area contributed by atoms with Gasteiger partial charge in [-0.3, -0.25) is 4.79 Å². The summed E-state index contributed by atoms with van der Waals surface area (Å²) in [5, 5.41) is 3.51. The molecule has 0 radical (unpaired) electrons. The molecule has 6 nitrogen and oxygen atoms in total. The zero-order valence-electron chi connectivity index (χ0n) is 16.0. The van der Waals surface area contributed by atoms with Crippen LogP contribution < -0.4 is 5.32 Å². The maximum absolute atomic E-state index is 12.8. The molecule has 2 aromatic rings. The first kappa shape index (κ1) is 22.1. The van der Waals surface area contributed by atoms with E-state index in [1.54, 1.807) is 12.1 Å². The molecule has 1 heterocycles. The van der Waals surface area contributed by atoms with Crippen molar-refractivity contribution in [1.29, 1.82) is 0 Å². The molecule has 0 bridgehead atoms. The molecule has 2 aromatic carbocycles. The van der Waals surface area contributed by atoms with Gasteiger partial charge in [-0.05, 0) is 36.8 Å². The average molecular weight is 455 g/mol. The van der Waals surface area contributed by atoms with Crippen LogP contribution >= 0.6 is 23.4 Å². The molecule has 0 unspecified atom stereocenters. The zero-order chi connectivity index (χ0) is 20.9. The molecule has 0 aromatic heterocycles. The van der Waals surface area contributed by atoms with Gasteiger partial charge in [0, 0.05) is 29.0 Å². The summed E-state index contributed by atoms with van der Waals surface area (Å²) in [6.07, 6.45) is 0. The molecule has 1 amide bonds. The molecule has 1 aliphatic rings. The molecule has 1 saturated heterocycles. The fourth-order valence-electron chi connectivity index (χ4n) is 2.96. The third-order valence-corrected chi connectivity index (χ3v) is 7.95. The fraction of sp³-hybridized carbons (Fsp3) is 0.350. The molecule has 1 fully saturated rings. The molecular weight excluding hydrogens is 432 g/mol. The maximum atomic E-state index is 12.8. The van der Waals surface area contributed by atoms with E-state index in [0.717, 1.165) is 5.56 Å². The van der Waals surface area contributed by atoms with Gasteiger partial charge in [0.25, 0.3) is 0 Å². The largest absolute Gasteiger partial charge is 0.379 e. The number of morpholine rings is 1. The average Bonchev–Trinajstić information content (AvgIpc) is 2.73. The number of carbonyl (C=O) groups is 1. The fourth-order valence-corrected chi connectivity index (χ4v) is 5.64. The molecule has 0 aliphatic carbocycles. The van der Waals surface area contributed by atoms with Crippen LogP contribution in [0.15, 0.2) is 53.4 Å². The number of anilines is 1. The standard InChI is InChI=1S/C20H23ClN2O4S2/c1-15(18-7-2-3-8-19(18)21)28-14-20(24)22-16-5-4-6-17(13-16)29(25,26)23-9-11-27-12-10-23/h2-8,13,15H,9-12,14H2,1H3,(H,22,24)/t15-/m1/s1.